The van der Waals surface area contributed by atoms with Crippen molar-refractivity contribution in [1.29, 1.82) is 0 Å². The van der Waals surface area contributed by atoms with E-state index in [0.29, 0.717) is 18.0 Å². The molecule has 1 aromatic rings. The molecule has 1 N–H and O–H groups in total. The summed E-state index contributed by atoms with van der Waals surface area (Å²) in [5, 5.41) is 3.56. The number of likely N-dealkylation sites (tertiary alicyclic amines) is 1. The highest BCUT2D eigenvalue weighted by Gasteiger charge is 2.46. The third kappa shape index (κ3) is 1.80. The van der Waals surface area contributed by atoms with Crippen LogP contribution in [-0.2, 0) is 0 Å². The highest BCUT2D eigenvalue weighted by atomic mass is 16.5. The standard InChI is InChI=1S/C17H24N2O/c1-11-10-20-16-6-4-3-5-14(16)17(11)19-9-13-7-18-8-15(13)12(19)2/h3-6,11-13,15,17-18H,7-10H2,1-2H3. The summed E-state index contributed by atoms with van der Waals surface area (Å²) in [6, 6.07) is 9.81. The molecule has 3 heterocycles. The summed E-state index contributed by atoms with van der Waals surface area (Å²) in [5.74, 6) is 3.33. The molecular weight excluding hydrogens is 248 g/mol. The van der Waals surface area contributed by atoms with Gasteiger partial charge < -0.3 is 10.1 Å². The van der Waals surface area contributed by atoms with E-state index in [1.165, 1.54) is 25.2 Å². The van der Waals surface area contributed by atoms with Crippen LogP contribution in [0.2, 0.25) is 0 Å². The Labute approximate surface area is 121 Å². The van der Waals surface area contributed by atoms with Crippen LogP contribution in [-0.4, -0.2) is 37.2 Å². The number of rotatable bonds is 1. The Balaban J connectivity index is 1.68. The van der Waals surface area contributed by atoms with Gasteiger partial charge in [-0.3, -0.25) is 4.90 Å². The fourth-order valence-corrected chi connectivity index (χ4v) is 4.55. The Hall–Kier alpha value is -1.06. The molecule has 2 saturated heterocycles. The van der Waals surface area contributed by atoms with Gasteiger partial charge in [0.25, 0.3) is 0 Å². The summed E-state index contributed by atoms with van der Waals surface area (Å²) >= 11 is 0. The second kappa shape index (κ2) is 4.74. The first-order chi connectivity index (χ1) is 9.75. The molecule has 1 aromatic carbocycles. The molecule has 3 aliphatic heterocycles. The Morgan fingerprint density at radius 3 is 2.90 bits per heavy atom. The molecule has 5 unspecified atom stereocenters. The second-order valence-electron chi connectivity index (χ2n) is 6.79. The molecule has 3 aliphatic rings. The van der Waals surface area contributed by atoms with E-state index < -0.39 is 0 Å². The quantitative estimate of drug-likeness (QED) is 0.849. The fourth-order valence-electron chi connectivity index (χ4n) is 4.55. The SMILES string of the molecule is CC1COc2ccccc2C1N1CC2CNCC2C1C. The Morgan fingerprint density at radius 1 is 1.20 bits per heavy atom. The molecule has 108 valence electrons. The monoisotopic (exact) mass is 272 g/mol. The molecule has 0 spiro atoms. The van der Waals surface area contributed by atoms with Gasteiger partial charge in [0.15, 0.2) is 0 Å². The van der Waals surface area contributed by atoms with E-state index in [9.17, 15) is 0 Å². The van der Waals surface area contributed by atoms with Crippen LogP contribution >= 0.6 is 0 Å². The molecule has 3 nitrogen and oxygen atoms in total. The molecule has 0 aromatic heterocycles. The average Bonchev–Trinajstić information content (AvgIpc) is 3.03. The number of hydrogen-bond donors (Lipinski definition) is 1. The molecule has 5 atom stereocenters. The topological polar surface area (TPSA) is 24.5 Å². The first-order valence-electron chi connectivity index (χ1n) is 7.94. The van der Waals surface area contributed by atoms with Gasteiger partial charge in [-0.15, -0.1) is 0 Å². The Morgan fingerprint density at radius 2 is 2.05 bits per heavy atom. The number of benzene rings is 1. The van der Waals surface area contributed by atoms with E-state index in [-0.39, 0.29) is 0 Å². The van der Waals surface area contributed by atoms with Crippen LogP contribution in [0.4, 0.5) is 0 Å². The van der Waals surface area contributed by atoms with E-state index in [1.54, 1.807) is 0 Å². The molecule has 3 heteroatoms. The summed E-state index contributed by atoms with van der Waals surface area (Å²) in [7, 11) is 0. The van der Waals surface area contributed by atoms with Crippen molar-refractivity contribution in [1.82, 2.24) is 10.2 Å². The lowest BCUT2D eigenvalue weighted by Gasteiger charge is -2.40. The predicted molar refractivity (Wildman–Crippen MR) is 79.9 cm³/mol. The first kappa shape index (κ1) is 12.7. The van der Waals surface area contributed by atoms with E-state index >= 15 is 0 Å². The smallest absolute Gasteiger partial charge is 0.124 e. The highest BCUT2D eigenvalue weighted by Crippen LogP contribution is 2.45. The lowest BCUT2D eigenvalue weighted by atomic mass is 9.89. The summed E-state index contributed by atoms with van der Waals surface area (Å²) in [6.07, 6.45) is 0. The van der Waals surface area contributed by atoms with Crippen molar-refractivity contribution < 1.29 is 4.74 Å². The van der Waals surface area contributed by atoms with Crippen LogP contribution in [0, 0.1) is 17.8 Å². The molecular formula is C17H24N2O. The zero-order valence-electron chi connectivity index (χ0n) is 12.4. The normalized spacial score (nSPS) is 40.2. The van der Waals surface area contributed by atoms with Crippen molar-refractivity contribution in [2.75, 3.05) is 26.2 Å². The van der Waals surface area contributed by atoms with E-state index in [2.05, 4.69) is 48.3 Å². The average molecular weight is 272 g/mol. The van der Waals surface area contributed by atoms with Crippen LogP contribution < -0.4 is 10.1 Å². The number of nitrogens with zero attached hydrogens (tertiary/aromatic N) is 1. The van der Waals surface area contributed by atoms with Crippen molar-refractivity contribution >= 4 is 0 Å². The highest BCUT2D eigenvalue weighted by molar-refractivity contribution is 5.38. The zero-order valence-corrected chi connectivity index (χ0v) is 12.4. The number of fused-ring (bicyclic) bond motifs is 2. The number of nitrogens with one attached hydrogen (secondary N) is 1. The second-order valence-corrected chi connectivity index (χ2v) is 6.79. The van der Waals surface area contributed by atoms with Crippen LogP contribution in [0.1, 0.15) is 25.5 Å². The third-order valence-electron chi connectivity index (χ3n) is 5.62. The van der Waals surface area contributed by atoms with Gasteiger partial charge in [0.05, 0.1) is 6.61 Å². The van der Waals surface area contributed by atoms with Gasteiger partial charge in [0.1, 0.15) is 5.75 Å². The van der Waals surface area contributed by atoms with Gasteiger partial charge in [-0.1, -0.05) is 25.1 Å². The van der Waals surface area contributed by atoms with E-state index in [1.807, 2.05) is 0 Å². The van der Waals surface area contributed by atoms with Gasteiger partial charge in [0.2, 0.25) is 0 Å². The maximum Gasteiger partial charge on any atom is 0.124 e. The van der Waals surface area contributed by atoms with Crippen molar-refractivity contribution in [3.8, 4) is 5.75 Å². The minimum Gasteiger partial charge on any atom is -0.493 e. The Bertz CT molecular complexity index is 504. The van der Waals surface area contributed by atoms with Gasteiger partial charge in [-0.2, -0.15) is 0 Å². The summed E-state index contributed by atoms with van der Waals surface area (Å²) in [5.41, 5.74) is 1.39. The van der Waals surface area contributed by atoms with Crippen molar-refractivity contribution in [2.45, 2.75) is 25.9 Å². The minimum absolute atomic E-state index is 0.528. The lowest BCUT2D eigenvalue weighted by Crippen LogP contribution is -2.42. The summed E-state index contributed by atoms with van der Waals surface area (Å²) in [6.45, 7) is 9.23. The van der Waals surface area contributed by atoms with Crippen molar-refractivity contribution in [2.24, 2.45) is 17.8 Å². The van der Waals surface area contributed by atoms with Crippen LogP contribution in [0.25, 0.3) is 0 Å². The molecule has 0 radical (unpaired) electrons. The first-order valence-corrected chi connectivity index (χ1v) is 7.94. The molecule has 4 rings (SSSR count). The summed E-state index contributed by atoms with van der Waals surface area (Å²) < 4.78 is 5.92. The minimum atomic E-state index is 0.528. The zero-order chi connectivity index (χ0) is 13.7. The molecule has 0 bridgehead atoms. The molecule has 2 fully saturated rings. The third-order valence-corrected chi connectivity index (χ3v) is 5.62. The van der Waals surface area contributed by atoms with Crippen LogP contribution in [0.15, 0.2) is 24.3 Å². The van der Waals surface area contributed by atoms with E-state index in [4.69, 9.17) is 4.74 Å². The van der Waals surface area contributed by atoms with Crippen LogP contribution in [0.3, 0.4) is 0 Å². The van der Waals surface area contributed by atoms with Crippen molar-refractivity contribution in [3.05, 3.63) is 29.8 Å². The number of para-hydroxylation sites is 1. The molecule has 0 aliphatic carbocycles. The number of hydrogen-bond acceptors (Lipinski definition) is 3. The Kier molecular flexibility index (Phi) is 3.00. The number of ether oxygens (including phenoxy) is 1. The molecule has 0 amide bonds. The van der Waals surface area contributed by atoms with Crippen LogP contribution in [0.5, 0.6) is 5.75 Å². The van der Waals surface area contributed by atoms with Gasteiger partial charge in [-0.05, 0) is 37.9 Å². The molecule has 0 saturated carbocycles. The maximum atomic E-state index is 5.92. The van der Waals surface area contributed by atoms with E-state index in [0.717, 1.165) is 24.2 Å². The fraction of sp³-hybridized carbons (Fsp3) is 0.647. The summed E-state index contributed by atoms with van der Waals surface area (Å²) in [4.78, 5) is 2.75. The van der Waals surface area contributed by atoms with Gasteiger partial charge >= 0.3 is 0 Å². The predicted octanol–water partition coefficient (Wildman–Crippen LogP) is 2.30. The van der Waals surface area contributed by atoms with Gasteiger partial charge in [-0.25, -0.2) is 0 Å². The molecule has 20 heavy (non-hydrogen) atoms. The largest absolute Gasteiger partial charge is 0.493 e. The lowest BCUT2D eigenvalue weighted by molar-refractivity contribution is 0.0766. The van der Waals surface area contributed by atoms with Crippen molar-refractivity contribution in [3.63, 3.8) is 0 Å². The maximum absolute atomic E-state index is 5.92. The van der Waals surface area contributed by atoms with Gasteiger partial charge in [0, 0.05) is 30.1 Å².